The van der Waals surface area contributed by atoms with Crippen molar-refractivity contribution in [2.75, 3.05) is 37.6 Å². The molecule has 1 aromatic carbocycles. The van der Waals surface area contributed by atoms with E-state index in [1.807, 2.05) is 12.1 Å². The summed E-state index contributed by atoms with van der Waals surface area (Å²) in [6, 6.07) is 8.06. The molecule has 1 fully saturated rings. The molecule has 1 saturated heterocycles. The zero-order valence-electron chi connectivity index (χ0n) is 15.0. The molecule has 0 radical (unpaired) electrons. The number of carbonyl (C=O) groups is 3. The molecule has 1 heterocycles. The minimum absolute atomic E-state index is 0.122. The van der Waals surface area contributed by atoms with Crippen molar-refractivity contribution in [2.24, 2.45) is 0 Å². The van der Waals surface area contributed by atoms with Crippen molar-refractivity contribution in [1.82, 2.24) is 15.5 Å². The first-order valence-electron chi connectivity index (χ1n) is 8.55. The number of hydrogen-bond donors (Lipinski definition) is 2. The third kappa shape index (κ3) is 5.20. The first kappa shape index (κ1) is 18.8. The first-order valence-corrected chi connectivity index (χ1v) is 8.55. The maximum atomic E-state index is 12.2. The van der Waals surface area contributed by atoms with Crippen LogP contribution in [0.4, 0.5) is 5.69 Å². The quantitative estimate of drug-likeness (QED) is 0.768. The van der Waals surface area contributed by atoms with Gasteiger partial charge in [-0.15, -0.1) is 0 Å². The van der Waals surface area contributed by atoms with Gasteiger partial charge in [-0.05, 0) is 32.4 Å². The Balaban J connectivity index is 1.79. The van der Waals surface area contributed by atoms with E-state index in [-0.39, 0.29) is 18.5 Å². The van der Waals surface area contributed by atoms with Crippen LogP contribution < -0.4 is 15.5 Å². The van der Waals surface area contributed by atoms with Gasteiger partial charge in [0.1, 0.15) is 0 Å². The molecule has 3 amide bonds. The second-order valence-electron chi connectivity index (χ2n) is 6.47. The van der Waals surface area contributed by atoms with Crippen molar-refractivity contribution in [3.05, 3.63) is 29.8 Å². The van der Waals surface area contributed by atoms with Crippen LogP contribution in [-0.2, 0) is 14.4 Å². The zero-order valence-corrected chi connectivity index (χ0v) is 15.0. The van der Waals surface area contributed by atoms with E-state index >= 15 is 0 Å². The topological polar surface area (TPSA) is 81.8 Å². The second-order valence-corrected chi connectivity index (χ2v) is 6.47. The number of rotatable bonds is 4. The van der Waals surface area contributed by atoms with Gasteiger partial charge in [-0.2, -0.15) is 0 Å². The van der Waals surface area contributed by atoms with E-state index in [1.165, 1.54) is 11.3 Å². The predicted molar refractivity (Wildman–Crippen MR) is 96.3 cm³/mol. The van der Waals surface area contributed by atoms with Crippen molar-refractivity contribution < 1.29 is 14.4 Å². The molecule has 1 aromatic rings. The van der Waals surface area contributed by atoms with E-state index in [0.29, 0.717) is 13.1 Å². The zero-order chi connectivity index (χ0) is 18.4. The van der Waals surface area contributed by atoms with Crippen LogP contribution in [0.2, 0.25) is 0 Å². The Kier molecular flexibility index (Phi) is 6.38. The molecule has 0 aliphatic carbocycles. The molecule has 2 N–H and O–H groups in total. The molecule has 0 aromatic heterocycles. The maximum Gasteiger partial charge on any atom is 0.309 e. The Bertz CT molecular complexity index is 637. The average molecular weight is 346 g/mol. The Labute approximate surface area is 148 Å². The fraction of sp³-hybridized carbons (Fsp3) is 0.500. The third-order valence-corrected chi connectivity index (χ3v) is 4.11. The van der Waals surface area contributed by atoms with E-state index in [2.05, 4.69) is 34.6 Å². The van der Waals surface area contributed by atoms with Gasteiger partial charge in [-0.1, -0.05) is 18.2 Å². The van der Waals surface area contributed by atoms with Crippen LogP contribution in [0.1, 0.15) is 19.4 Å². The summed E-state index contributed by atoms with van der Waals surface area (Å²) < 4.78 is 0. The van der Waals surface area contributed by atoms with Gasteiger partial charge in [0.15, 0.2) is 0 Å². The van der Waals surface area contributed by atoms with Crippen LogP contribution in [-0.4, -0.2) is 61.4 Å². The summed E-state index contributed by atoms with van der Waals surface area (Å²) in [4.78, 5) is 39.4. The minimum atomic E-state index is -0.777. The smallest absolute Gasteiger partial charge is 0.309 e. The van der Waals surface area contributed by atoms with Crippen molar-refractivity contribution in [3.8, 4) is 0 Å². The molecule has 0 saturated carbocycles. The van der Waals surface area contributed by atoms with Crippen molar-refractivity contribution in [1.29, 1.82) is 0 Å². The Morgan fingerprint density at radius 2 is 1.68 bits per heavy atom. The molecule has 136 valence electrons. The van der Waals surface area contributed by atoms with Gasteiger partial charge in [0.2, 0.25) is 5.91 Å². The predicted octanol–water partition coefficient (Wildman–Crippen LogP) is 0.284. The second kappa shape index (κ2) is 8.50. The summed E-state index contributed by atoms with van der Waals surface area (Å²) in [6.07, 6.45) is 0. The van der Waals surface area contributed by atoms with Crippen LogP contribution in [0, 0.1) is 6.92 Å². The number of amides is 3. The lowest BCUT2D eigenvalue weighted by molar-refractivity contribution is -0.140. The highest BCUT2D eigenvalue weighted by Gasteiger charge is 2.23. The number of para-hydroxylation sites is 1. The Morgan fingerprint density at radius 3 is 2.28 bits per heavy atom. The van der Waals surface area contributed by atoms with Crippen molar-refractivity contribution in [2.45, 2.75) is 26.8 Å². The van der Waals surface area contributed by atoms with E-state index in [4.69, 9.17) is 0 Å². The van der Waals surface area contributed by atoms with E-state index in [9.17, 15) is 14.4 Å². The van der Waals surface area contributed by atoms with Gasteiger partial charge in [0.25, 0.3) is 0 Å². The molecule has 0 spiro atoms. The first-order chi connectivity index (χ1) is 11.9. The number of carbonyl (C=O) groups excluding carboxylic acids is 3. The molecule has 25 heavy (non-hydrogen) atoms. The highest BCUT2D eigenvalue weighted by Crippen LogP contribution is 2.20. The molecular formula is C18H26N4O3. The van der Waals surface area contributed by atoms with Gasteiger partial charge in [-0.3, -0.25) is 14.4 Å². The number of aryl methyl sites for hydroxylation is 1. The molecule has 2 rings (SSSR count). The maximum absolute atomic E-state index is 12.2. The van der Waals surface area contributed by atoms with Gasteiger partial charge >= 0.3 is 11.8 Å². The summed E-state index contributed by atoms with van der Waals surface area (Å²) in [7, 11) is 0. The Morgan fingerprint density at radius 1 is 1.04 bits per heavy atom. The monoisotopic (exact) mass is 346 g/mol. The Hall–Kier alpha value is -2.57. The largest absolute Gasteiger partial charge is 0.368 e. The highest BCUT2D eigenvalue weighted by molar-refractivity contribution is 6.35. The van der Waals surface area contributed by atoms with Crippen LogP contribution in [0.3, 0.4) is 0 Å². The van der Waals surface area contributed by atoms with E-state index in [1.54, 1.807) is 18.7 Å². The fourth-order valence-electron chi connectivity index (χ4n) is 2.79. The summed E-state index contributed by atoms with van der Waals surface area (Å²) in [6.45, 7) is 8.15. The molecule has 7 heteroatoms. The lowest BCUT2D eigenvalue weighted by Crippen LogP contribution is -2.52. The number of piperazine rings is 1. The normalized spacial score (nSPS) is 14.4. The highest BCUT2D eigenvalue weighted by atomic mass is 16.2. The van der Waals surface area contributed by atoms with Gasteiger partial charge in [0, 0.05) is 37.9 Å². The molecule has 7 nitrogen and oxygen atoms in total. The summed E-state index contributed by atoms with van der Waals surface area (Å²) in [5.41, 5.74) is 2.40. The van der Waals surface area contributed by atoms with Gasteiger partial charge in [0.05, 0.1) is 6.54 Å². The average Bonchev–Trinajstić information content (AvgIpc) is 2.59. The number of nitrogens with zero attached hydrogens (tertiary/aromatic N) is 2. The van der Waals surface area contributed by atoms with Crippen molar-refractivity contribution in [3.63, 3.8) is 0 Å². The molecule has 1 aliphatic heterocycles. The van der Waals surface area contributed by atoms with Gasteiger partial charge < -0.3 is 20.4 Å². The SMILES string of the molecule is Cc1ccccc1N1CCN(C(=O)CNC(=O)C(=O)NC(C)C)CC1. The third-order valence-electron chi connectivity index (χ3n) is 4.11. The molecule has 0 atom stereocenters. The standard InChI is InChI=1S/C18H26N4O3/c1-13(2)20-18(25)17(24)19-12-16(23)22-10-8-21(9-11-22)15-7-5-4-6-14(15)3/h4-7,13H,8-12H2,1-3H3,(H,19,24)(H,20,25). The lowest BCUT2D eigenvalue weighted by atomic mass is 10.1. The van der Waals surface area contributed by atoms with Crippen LogP contribution in [0.25, 0.3) is 0 Å². The molecule has 1 aliphatic rings. The number of anilines is 1. The summed E-state index contributed by atoms with van der Waals surface area (Å²) in [5.74, 6) is -1.66. The minimum Gasteiger partial charge on any atom is -0.368 e. The van der Waals surface area contributed by atoms with E-state index in [0.717, 1.165) is 13.1 Å². The number of nitrogens with one attached hydrogen (secondary N) is 2. The van der Waals surface area contributed by atoms with Crippen LogP contribution in [0.5, 0.6) is 0 Å². The van der Waals surface area contributed by atoms with E-state index < -0.39 is 11.8 Å². The summed E-state index contributed by atoms with van der Waals surface area (Å²) in [5, 5.41) is 4.87. The van der Waals surface area contributed by atoms with Crippen LogP contribution >= 0.6 is 0 Å². The number of hydrogen-bond acceptors (Lipinski definition) is 4. The number of benzene rings is 1. The summed E-state index contributed by atoms with van der Waals surface area (Å²) >= 11 is 0. The van der Waals surface area contributed by atoms with Crippen LogP contribution in [0.15, 0.2) is 24.3 Å². The molecule has 0 bridgehead atoms. The lowest BCUT2D eigenvalue weighted by Gasteiger charge is -2.36. The molecule has 0 unspecified atom stereocenters. The molecular weight excluding hydrogens is 320 g/mol. The fourth-order valence-corrected chi connectivity index (χ4v) is 2.79. The van der Waals surface area contributed by atoms with Crippen molar-refractivity contribution >= 4 is 23.4 Å². The van der Waals surface area contributed by atoms with Gasteiger partial charge in [-0.25, -0.2) is 0 Å².